The molecule has 2 aliphatic rings. The van der Waals surface area contributed by atoms with Crippen molar-refractivity contribution in [2.75, 3.05) is 43.1 Å². The summed E-state index contributed by atoms with van der Waals surface area (Å²) in [5, 5.41) is 0. The third-order valence-corrected chi connectivity index (χ3v) is 13.3. The van der Waals surface area contributed by atoms with Crippen LogP contribution in [-0.4, -0.2) is 28.4 Å². The summed E-state index contributed by atoms with van der Waals surface area (Å²) >= 11 is 0. The van der Waals surface area contributed by atoms with Crippen molar-refractivity contribution in [3.8, 4) is 23.0 Å². The van der Waals surface area contributed by atoms with Gasteiger partial charge in [-0.3, -0.25) is 0 Å². The van der Waals surface area contributed by atoms with Crippen LogP contribution in [0.25, 0.3) is 12.2 Å². The van der Waals surface area contributed by atoms with Gasteiger partial charge in [0.15, 0.2) is 0 Å². The van der Waals surface area contributed by atoms with Gasteiger partial charge in [0.1, 0.15) is 23.0 Å². The minimum Gasteiger partial charge on any atom is -0.497 e. The molecule has 332 valence electrons. The molecule has 0 radical (unpaired) electrons. The van der Waals surface area contributed by atoms with Crippen LogP contribution in [0.4, 0.5) is 51.2 Å². The Morgan fingerprint density at radius 3 is 1.00 bits per heavy atom. The first-order chi connectivity index (χ1) is 33.5. The molecule has 0 saturated carbocycles. The molecule has 1 spiro atoms. The first-order valence-electron chi connectivity index (χ1n) is 22.7. The number of methoxy groups -OCH3 is 4. The first-order valence-corrected chi connectivity index (χ1v) is 22.7. The molecule has 0 N–H and O–H groups in total. The van der Waals surface area contributed by atoms with Crippen LogP contribution < -0.4 is 33.6 Å². The third-order valence-electron chi connectivity index (χ3n) is 13.3. The summed E-state index contributed by atoms with van der Waals surface area (Å²) in [5.41, 5.74) is 15.3. The molecule has 0 bridgehead atoms. The van der Waals surface area contributed by atoms with Crippen molar-refractivity contribution in [3.05, 3.63) is 246 Å². The van der Waals surface area contributed by atoms with E-state index in [4.69, 9.17) is 18.9 Å². The number of hydrogen-bond acceptors (Lipinski definition) is 7. The molecule has 1 aliphatic heterocycles. The van der Waals surface area contributed by atoms with E-state index in [1.54, 1.807) is 28.4 Å². The van der Waals surface area contributed by atoms with Crippen LogP contribution in [0.15, 0.2) is 212 Å². The van der Waals surface area contributed by atoms with E-state index in [0.717, 1.165) is 96.4 Å². The maximum absolute atomic E-state index is 5.64. The Kier molecular flexibility index (Phi) is 10.9. The van der Waals surface area contributed by atoms with E-state index >= 15 is 0 Å². The molecule has 1 heterocycles. The highest BCUT2D eigenvalue weighted by atomic mass is 16.5. The van der Waals surface area contributed by atoms with E-state index in [1.807, 2.05) is 48.5 Å². The number of nitrogens with zero attached hydrogens (tertiary/aromatic N) is 3. The second-order valence-electron chi connectivity index (χ2n) is 16.8. The third kappa shape index (κ3) is 7.07. The van der Waals surface area contributed by atoms with E-state index in [2.05, 4.69) is 191 Å². The normalized spacial score (nSPS) is 12.7. The van der Waals surface area contributed by atoms with Gasteiger partial charge in [0.2, 0.25) is 0 Å². The molecule has 0 atom stereocenters. The molecule has 7 nitrogen and oxygen atoms in total. The standard InChI is InChI=1S/C61H49N3O4/c1-65-51-32-24-45(25-33-51)62(46-26-34-52(66-2)35-27-46)49-22-20-42-18-19-43-21-23-50(63(47-28-36-53(67-3)37-29-47)48-30-38-54(68-4)39-31-48)41-58(43)61(57(42)40-49)55-14-8-10-16-59(55)64(44-12-6-5-7-13-44)60-17-11-9-15-56(60)61/h5-41H,1-4H3. The van der Waals surface area contributed by atoms with E-state index in [0.29, 0.717) is 0 Å². The second-order valence-corrected chi connectivity index (χ2v) is 16.8. The fourth-order valence-electron chi connectivity index (χ4n) is 10.1. The van der Waals surface area contributed by atoms with Crippen molar-refractivity contribution < 1.29 is 18.9 Å². The molecule has 7 heteroatoms. The molecule has 0 aromatic heterocycles. The zero-order valence-electron chi connectivity index (χ0n) is 38.3. The molecular weight excluding hydrogens is 839 g/mol. The summed E-state index contributed by atoms with van der Waals surface area (Å²) in [5.74, 6) is 3.16. The summed E-state index contributed by atoms with van der Waals surface area (Å²) in [6, 6.07) is 75.5. The second kappa shape index (κ2) is 17.6. The Morgan fingerprint density at radius 1 is 0.324 bits per heavy atom. The Morgan fingerprint density at radius 2 is 0.647 bits per heavy atom. The largest absolute Gasteiger partial charge is 0.497 e. The number of fused-ring (bicyclic) bond motifs is 8. The molecule has 9 aromatic rings. The minimum absolute atomic E-state index is 0.790. The van der Waals surface area contributed by atoms with Gasteiger partial charge in [-0.15, -0.1) is 0 Å². The summed E-state index contributed by atoms with van der Waals surface area (Å²) in [7, 11) is 6.80. The smallest absolute Gasteiger partial charge is 0.119 e. The van der Waals surface area contributed by atoms with Crippen molar-refractivity contribution in [3.63, 3.8) is 0 Å². The van der Waals surface area contributed by atoms with Crippen LogP contribution in [0.1, 0.15) is 33.4 Å². The first kappa shape index (κ1) is 42.0. The SMILES string of the molecule is COc1ccc(N(c2ccc(OC)cc2)c2ccc3c(c2)C2(c4cc(N(c5ccc(OC)cc5)c5ccc(OC)cc5)ccc4C=C3)c3ccccc3N(c3ccccc3)c3ccccc32)cc1. The van der Waals surface area contributed by atoms with Crippen molar-refractivity contribution in [2.45, 2.75) is 5.41 Å². The lowest BCUT2D eigenvalue weighted by atomic mass is 9.61. The molecule has 68 heavy (non-hydrogen) atoms. The van der Waals surface area contributed by atoms with Crippen LogP contribution in [0.3, 0.4) is 0 Å². The minimum atomic E-state index is -0.838. The average molecular weight is 888 g/mol. The highest BCUT2D eigenvalue weighted by molar-refractivity contribution is 5.95. The number of ether oxygens (including phenoxy) is 4. The van der Waals surface area contributed by atoms with Crippen molar-refractivity contribution in [1.82, 2.24) is 0 Å². The highest BCUT2D eigenvalue weighted by Gasteiger charge is 2.49. The van der Waals surface area contributed by atoms with Gasteiger partial charge >= 0.3 is 0 Å². The van der Waals surface area contributed by atoms with Gasteiger partial charge in [0.25, 0.3) is 0 Å². The summed E-state index contributed by atoms with van der Waals surface area (Å²) < 4.78 is 22.5. The van der Waals surface area contributed by atoms with E-state index in [-0.39, 0.29) is 0 Å². The number of para-hydroxylation sites is 3. The van der Waals surface area contributed by atoms with Crippen LogP contribution >= 0.6 is 0 Å². The van der Waals surface area contributed by atoms with Crippen molar-refractivity contribution in [2.24, 2.45) is 0 Å². The van der Waals surface area contributed by atoms with E-state index in [9.17, 15) is 0 Å². The molecule has 0 unspecified atom stereocenters. The Hall–Kier alpha value is -8.68. The van der Waals surface area contributed by atoms with Gasteiger partial charge in [-0.05, 0) is 179 Å². The fourth-order valence-corrected chi connectivity index (χ4v) is 10.1. The Labute approximate surface area is 397 Å². The van der Waals surface area contributed by atoms with Gasteiger partial charge in [0, 0.05) is 39.8 Å². The molecule has 0 saturated heterocycles. The van der Waals surface area contributed by atoms with Gasteiger partial charge in [-0.2, -0.15) is 0 Å². The van der Waals surface area contributed by atoms with E-state index < -0.39 is 5.41 Å². The Bertz CT molecular complexity index is 2980. The predicted octanol–water partition coefficient (Wildman–Crippen LogP) is 15.3. The maximum Gasteiger partial charge on any atom is 0.119 e. The molecule has 1 aliphatic carbocycles. The van der Waals surface area contributed by atoms with Crippen molar-refractivity contribution in [1.29, 1.82) is 0 Å². The van der Waals surface area contributed by atoms with Gasteiger partial charge in [-0.25, -0.2) is 0 Å². The molecule has 9 aromatic carbocycles. The van der Waals surface area contributed by atoms with E-state index in [1.165, 1.54) is 11.1 Å². The predicted molar refractivity (Wildman–Crippen MR) is 277 cm³/mol. The zero-order valence-corrected chi connectivity index (χ0v) is 38.3. The number of benzene rings is 9. The quantitative estimate of drug-likeness (QED) is 0.128. The zero-order chi connectivity index (χ0) is 46.2. The topological polar surface area (TPSA) is 46.6 Å². The van der Waals surface area contributed by atoms with Crippen molar-refractivity contribution >= 4 is 63.3 Å². The number of rotatable bonds is 11. The lowest BCUT2D eigenvalue weighted by molar-refractivity contribution is 0.414. The lowest BCUT2D eigenvalue weighted by Crippen LogP contribution is -2.38. The van der Waals surface area contributed by atoms with Crippen LogP contribution in [0.2, 0.25) is 0 Å². The number of anilines is 9. The number of hydrogen-bond donors (Lipinski definition) is 0. The molecule has 11 rings (SSSR count). The lowest BCUT2D eigenvalue weighted by Gasteiger charge is -2.47. The highest BCUT2D eigenvalue weighted by Crippen LogP contribution is 2.61. The molecule has 0 fully saturated rings. The summed E-state index contributed by atoms with van der Waals surface area (Å²) in [6.45, 7) is 0. The van der Waals surface area contributed by atoms with Crippen LogP contribution in [0, 0.1) is 0 Å². The van der Waals surface area contributed by atoms with Crippen LogP contribution in [0.5, 0.6) is 23.0 Å². The molecule has 0 amide bonds. The van der Waals surface area contributed by atoms with Gasteiger partial charge in [0.05, 0.1) is 45.2 Å². The summed E-state index contributed by atoms with van der Waals surface area (Å²) in [6.07, 6.45) is 4.58. The Balaban J connectivity index is 1.23. The monoisotopic (exact) mass is 887 g/mol. The van der Waals surface area contributed by atoms with Gasteiger partial charge in [-0.1, -0.05) is 78.9 Å². The summed E-state index contributed by atoms with van der Waals surface area (Å²) in [4.78, 5) is 7.04. The average Bonchev–Trinajstić information content (AvgIpc) is 3.54. The fraction of sp³-hybridized carbons (Fsp3) is 0.0820. The van der Waals surface area contributed by atoms with Gasteiger partial charge < -0.3 is 33.6 Å². The molecular formula is C61H49N3O4. The van der Waals surface area contributed by atoms with Crippen LogP contribution in [-0.2, 0) is 5.41 Å². The maximum atomic E-state index is 5.64.